The molecule has 0 aliphatic heterocycles. The Balaban J connectivity index is 2.35. The van der Waals surface area contributed by atoms with Gasteiger partial charge in [-0.2, -0.15) is 13.2 Å². The molecule has 1 saturated carbocycles. The van der Waals surface area contributed by atoms with E-state index in [1.165, 1.54) is 0 Å². The molecule has 2 nitrogen and oxygen atoms in total. The van der Waals surface area contributed by atoms with Crippen LogP contribution in [0.5, 0.6) is 0 Å². The van der Waals surface area contributed by atoms with Gasteiger partial charge in [0.1, 0.15) is 0 Å². The van der Waals surface area contributed by atoms with Crippen LogP contribution in [0.1, 0.15) is 25.7 Å². The van der Waals surface area contributed by atoms with Crippen LogP contribution < -0.4 is 0 Å². The van der Waals surface area contributed by atoms with E-state index in [0.29, 0.717) is 0 Å². The van der Waals surface area contributed by atoms with Gasteiger partial charge >= 0.3 is 6.18 Å². The number of likely N-dealkylation sites (N-methyl/N-ethyl adjacent to an activating group) is 1. The molecule has 0 bridgehead atoms. The molecule has 5 heteroatoms. The summed E-state index contributed by atoms with van der Waals surface area (Å²) in [4.78, 5) is 1.62. The number of aliphatic hydroxyl groups excluding tert-OH is 1. The molecule has 1 aliphatic rings. The summed E-state index contributed by atoms with van der Waals surface area (Å²) >= 11 is 0. The Kier molecular flexibility index (Phi) is 3.78. The molecule has 0 aromatic carbocycles. The summed E-state index contributed by atoms with van der Waals surface area (Å²) in [7, 11) is 1.64. The summed E-state index contributed by atoms with van der Waals surface area (Å²) in [6.45, 7) is -0.311. The van der Waals surface area contributed by atoms with Gasteiger partial charge in [0, 0.05) is 12.6 Å². The van der Waals surface area contributed by atoms with Crippen molar-refractivity contribution in [1.82, 2.24) is 4.90 Å². The first-order valence-corrected chi connectivity index (χ1v) is 4.86. The number of nitrogens with zero attached hydrogens (tertiary/aromatic N) is 1. The van der Waals surface area contributed by atoms with Crippen molar-refractivity contribution in [2.24, 2.45) is 0 Å². The fraction of sp³-hybridized carbons (Fsp3) is 1.00. The van der Waals surface area contributed by atoms with Gasteiger partial charge in [-0.05, 0) is 19.9 Å². The summed E-state index contributed by atoms with van der Waals surface area (Å²) in [6.07, 6.45) is -2.66. The van der Waals surface area contributed by atoms with E-state index < -0.39 is 12.3 Å². The molecule has 0 heterocycles. The standard InChI is InChI=1S/C9H16F3NO/c1-13(7-4-2-3-5-7)6-8(14)9(10,11)12/h7-8,14H,2-6H2,1H3. The van der Waals surface area contributed by atoms with Crippen molar-refractivity contribution in [3.8, 4) is 0 Å². The molecule has 1 fully saturated rings. The topological polar surface area (TPSA) is 23.5 Å². The third-order valence-corrected chi connectivity index (χ3v) is 2.79. The van der Waals surface area contributed by atoms with Gasteiger partial charge in [0.25, 0.3) is 0 Å². The summed E-state index contributed by atoms with van der Waals surface area (Å²) in [5, 5.41) is 8.85. The Morgan fingerprint density at radius 1 is 1.36 bits per heavy atom. The predicted molar refractivity (Wildman–Crippen MR) is 46.9 cm³/mol. The normalized spacial score (nSPS) is 21.9. The molecule has 0 radical (unpaired) electrons. The molecule has 0 saturated heterocycles. The smallest absolute Gasteiger partial charge is 0.382 e. The molecule has 1 N–H and O–H groups in total. The van der Waals surface area contributed by atoms with E-state index in [-0.39, 0.29) is 12.6 Å². The largest absolute Gasteiger partial charge is 0.415 e. The van der Waals surface area contributed by atoms with Gasteiger partial charge in [-0.1, -0.05) is 12.8 Å². The lowest BCUT2D eigenvalue weighted by Crippen LogP contribution is -2.42. The van der Waals surface area contributed by atoms with Gasteiger partial charge in [-0.15, -0.1) is 0 Å². The van der Waals surface area contributed by atoms with Crippen molar-refractivity contribution in [1.29, 1.82) is 0 Å². The minimum atomic E-state index is -4.49. The second kappa shape index (κ2) is 4.49. The van der Waals surface area contributed by atoms with E-state index in [0.717, 1.165) is 25.7 Å². The molecule has 14 heavy (non-hydrogen) atoms. The van der Waals surface area contributed by atoms with Gasteiger partial charge in [-0.25, -0.2) is 0 Å². The molecular formula is C9H16F3NO. The molecular weight excluding hydrogens is 195 g/mol. The third-order valence-electron chi connectivity index (χ3n) is 2.79. The highest BCUT2D eigenvalue weighted by Crippen LogP contribution is 2.25. The summed E-state index contributed by atoms with van der Waals surface area (Å²) in [5.41, 5.74) is 0. The zero-order valence-electron chi connectivity index (χ0n) is 8.22. The number of alkyl halides is 3. The SMILES string of the molecule is CN(CC(O)C(F)(F)F)C1CCCC1. The van der Waals surface area contributed by atoms with Gasteiger partial charge in [-0.3, -0.25) is 0 Å². The highest BCUT2D eigenvalue weighted by Gasteiger charge is 2.39. The molecule has 0 aromatic rings. The van der Waals surface area contributed by atoms with Gasteiger partial charge in [0.2, 0.25) is 0 Å². The summed E-state index contributed by atoms with van der Waals surface area (Å²) < 4.78 is 36.1. The van der Waals surface area contributed by atoms with E-state index in [9.17, 15) is 13.2 Å². The summed E-state index contributed by atoms with van der Waals surface area (Å²) in [5.74, 6) is 0. The van der Waals surface area contributed by atoms with Crippen LogP contribution in [-0.2, 0) is 0 Å². The first-order chi connectivity index (χ1) is 6.41. The molecule has 0 amide bonds. The maximum atomic E-state index is 12.0. The van der Waals surface area contributed by atoms with Crippen molar-refractivity contribution >= 4 is 0 Å². The first kappa shape index (κ1) is 11.8. The van der Waals surface area contributed by atoms with Crippen molar-refractivity contribution in [2.45, 2.75) is 44.0 Å². The quantitative estimate of drug-likeness (QED) is 0.769. The summed E-state index contributed by atoms with van der Waals surface area (Å²) in [6, 6.07) is 0.215. The van der Waals surface area contributed by atoms with E-state index >= 15 is 0 Å². The number of rotatable bonds is 3. The van der Waals surface area contributed by atoms with Crippen molar-refractivity contribution < 1.29 is 18.3 Å². The van der Waals surface area contributed by atoms with Crippen LogP contribution >= 0.6 is 0 Å². The van der Waals surface area contributed by atoms with Gasteiger partial charge in [0.15, 0.2) is 6.10 Å². The minimum Gasteiger partial charge on any atom is -0.382 e. The monoisotopic (exact) mass is 211 g/mol. The number of hydrogen-bond donors (Lipinski definition) is 1. The molecule has 0 aromatic heterocycles. The van der Waals surface area contributed by atoms with Crippen LogP contribution in [0.4, 0.5) is 13.2 Å². The Morgan fingerprint density at radius 2 is 1.86 bits per heavy atom. The first-order valence-electron chi connectivity index (χ1n) is 4.86. The zero-order valence-corrected chi connectivity index (χ0v) is 8.22. The Morgan fingerprint density at radius 3 is 2.29 bits per heavy atom. The lowest BCUT2D eigenvalue weighted by atomic mass is 10.2. The zero-order chi connectivity index (χ0) is 10.8. The van der Waals surface area contributed by atoms with Gasteiger partial charge in [0.05, 0.1) is 0 Å². The molecule has 1 unspecified atom stereocenters. The van der Waals surface area contributed by atoms with Crippen LogP contribution in [0.3, 0.4) is 0 Å². The Labute approximate surface area is 81.7 Å². The van der Waals surface area contributed by atoms with Crippen LogP contribution in [0.25, 0.3) is 0 Å². The van der Waals surface area contributed by atoms with E-state index in [4.69, 9.17) is 5.11 Å². The molecule has 1 atom stereocenters. The Hall–Kier alpha value is -0.290. The highest BCUT2D eigenvalue weighted by molar-refractivity contribution is 4.78. The number of halogens is 3. The van der Waals surface area contributed by atoms with E-state index in [2.05, 4.69) is 0 Å². The maximum absolute atomic E-state index is 12.0. The van der Waals surface area contributed by atoms with Crippen LogP contribution in [-0.4, -0.2) is 41.9 Å². The lowest BCUT2D eigenvalue weighted by molar-refractivity contribution is -0.208. The number of hydrogen-bond acceptors (Lipinski definition) is 2. The molecule has 0 spiro atoms. The van der Waals surface area contributed by atoms with E-state index in [1.54, 1.807) is 11.9 Å². The average molecular weight is 211 g/mol. The van der Waals surface area contributed by atoms with Crippen LogP contribution in [0.15, 0.2) is 0 Å². The Bertz CT molecular complexity index is 177. The fourth-order valence-corrected chi connectivity index (χ4v) is 1.87. The molecule has 1 aliphatic carbocycles. The van der Waals surface area contributed by atoms with Crippen LogP contribution in [0.2, 0.25) is 0 Å². The minimum absolute atomic E-state index is 0.215. The fourth-order valence-electron chi connectivity index (χ4n) is 1.87. The van der Waals surface area contributed by atoms with Crippen LogP contribution in [0, 0.1) is 0 Å². The number of aliphatic hydroxyl groups is 1. The highest BCUT2D eigenvalue weighted by atomic mass is 19.4. The maximum Gasteiger partial charge on any atom is 0.415 e. The van der Waals surface area contributed by atoms with Gasteiger partial charge < -0.3 is 10.0 Å². The average Bonchev–Trinajstić information content (AvgIpc) is 2.53. The van der Waals surface area contributed by atoms with Crippen molar-refractivity contribution in [2.75, 3.05) is 13.6 Å². The van der Waals surface area contributed by atoms with Crippen molar-refractivity contribution in [3.05, 3.63) is 0 Å². The second-order valence-electron chi connectivity index (χ2n) is 3.94. The molecule has 84 valence electrons. The third kappa shape index (κ3) is 3.13. The van der Waals surface area contributed by atoms with E-state index in [1.807, 2.05) is 0 Å². The van der Waals surface area contributed by atoms with Crippen molar-refractivity contribution in [3.63, 3.8) is 0 Å². The second-order valence-corrected chi connectivity index (χ2v) is 3.94. The lowest BCUT2D eigenvalue weighted by Gasteiger charge is -2.27. The predicted octanol–water partition coefficient (Wildman–Crippen LogP) is 1.78. The molecule has 1 rings (SSSR count).